The molecule has 4 N–H and O–H groups in total. The molecule has 0 aliphatic carbocycles. The Hall–Kier alpha value is -0.570. The second-order valence-corrected chi connectivity index (χ2v) is 8.23. The number of piperidine rings is 2. The number of rotatable bonds is 7. The molecule has 4 aliphatic rings. The minimum atomic E-state index is -1.41. The normalized spacial score (nSPS) is 44.6. The molecule has 2 unspecified atom stereocenters. The predicted octanol–water partition coefficient (Wildman–Crippen LogP) is -1.22. The lowest BCUT2D eigenvalue weighted by Crippen LogP contribution is -2.81. The number of aliphatic hydroxyl groups excluding tert-OH is 4. The van der Waals surface area contributed by atoms with Crippen LogP contribution < -0.4 is 0 Å². The maximum atomic E-state index is 13.0. The van der Waals surface area contributed by atoms with E-state index in [-0.39, 0.29) is 5.41 Å². The summed E-state index contributed by atoms with van der Waals surface area (Å²) in [5.74, 6) is 0.347. The first-order valence-corrected chi connectivity index (χ1v) is 8.96. The van der Waals surface area contributed by atoms with Crippen molar-refractivity contribution in [2.75, 3.05) is 32.8 Å². The highest BCUT2D eigenvalue weighted by atomic mass is 16.4. The monoisotopic (exact) mass is 342 g/mol. The molecular weight excluding hydrogens is 312 g/mol. The minimum absolute atomic E-state index is 0.347. The molecule has 4 fully saturated rings. The number of carbonyl (C=O) groups excluding carboxylic acids is 1. The largest absolute Gasteiger partial charge is 0.394 e. The Kier molecular flexibility index (Phi) is 4.79. The fourth-order valence-electron chi connectivity index (χ4n) is 5.15. The number of nitrogens with zero attached hydrogens (tertiary/aromatic N) is 2. The molecule has 7 heteroatoms. The Morgan fingerprint density at radius 2 is 1.75 bits per heavy atom. The van der Waals surface area contributed by atoms with Crippen molar-refractivity contribution < 1.29 is 25.2 Å². The van der Waals surface area contributed by atoms with Crippen LogP contribution in [0.3, 0.4) is 0 Å². The third-order valence-electron chi connectivity index (χ3n) is 6.14. The lowest BCUT2D eigenvalue weighted by molar-refractivity contribution is -0.229. The molecule has 7 nitrogen and oxygen atoms in total. The van der Waals surface area contributed by atoms with Crippen LogP contribution in [0.2, 0.25) is 0 Å². The van der Waals surface area contributed by atoms with Gasteiger partial charge < -0.3 is 20.4 Å². The van der Waals surface area contributed by atoms with Crippen LogP contribution in [-0.4, -0.2) is 93.3 Å². The molecule has 138 valence electrons. The van der Waals surface area contributed by atoms with Gasteiger partial charge in [-0.2, -0.15) is 0 Å². The summed E-state index contributed by atoms with van der Waals surface area (Å²) >= 11 is 0. The van der Waals surface area contributed by atoms with E-state index in [0.29, 0.717) is 32.0 Å². The summed E-state index contributed by atoms with van der Waals surface area (Å²) in [6, 6.07) is 0. The molecule has 0 amide bonds. The molecule has 4 rings (SSSR count). The van der Waals surface area contributed by atoms with Gasteiger partial charge in [0, 0.05) is 26.2 Å². The van der Waals surface area contributed by atoms with Gasteiger partial charge in [0.2, 0.25) is 0 Å². The Bertz CT molecular complexity index is 483. The molecule has 24 heavy (non-hydrogen) atoms. The standard InChI is InChI=1S/C17H30N2O5/c1-3-4-5-17-9-18-7-16(2,15(17)24)8-19(10-17)14(18)13(23)12(22)11(21)6-20/h11-14,20-23H,3-10H2,1-2H3/t11-,12-,13-,14?,16?,17?/m1/s1. The first kappa shape index (κ1) is 18.2. The third-order valence-corrected chi connectivity index (χ3v) is 6.14. The van der Waals surface area contributed by atoms with E-state index in [9.17, 15) is 20.1 Å². The van der Waals surface area contributed by atoms with Gasteiger partial charge >= 0.3 is 0 Å². The van der Waals surface area contributed by atoms with Gasteiger partial charge in [-0.1, -0.05) is 26.7 Å². The van der Waals surface area contributed by atoms with Crippen LogP contribution in [0.4, 0.5) is 0 Å². The molecular formula is C17H30N2O5. The molecule has 4 aliphatic heterocycles. The van der Waals surface area contributed by atoms with Crippen molar-refractivity contribution in [1.29, 1.82) is 0 Å². The predicted molar refractivity (Wildman–Crippen MR) is 87.1 cm³/mol. The molecule has 0 radical (unpaired) electrons. The van der Waals surface area contributed by atoms with Crippen LogP contribution in [0.25, 0.3) is 0 Å². The summed E-state index contributed by atoms with van der Waals surface area (Å²) in [5, 5.41) is 39.4. The maximum Gasteiger partial charge on any atom is 0.150 e. The minimum Gasteiger partial charge on any atom is -0.394 e. The summed E-state index contributed by atoms with van der Waals surface area (Å²) in [5.41, 5.74) is -0.807. The highest BCUT2D eigenvalue weighted by molar-refractivity contribution is 5.93. The van der Waals surface area contributed by atoms with Crippen molar-refractivity contribution in [3.8, 4) is 0 Å². The van der Waals surface area contributed by atoms with Crippen LogP contribution in [0, 0.1) is 10.8 Å². The SMILES string of the molecule is CCCCC12CN3CC(C)(CN(C1)C3[C@H](O)[C@H](O)[C@H](O)CO)C2=O. The fourth-order valence-corrected chi connectivity index (χ4v) is 5.15. The van der Waals surface area contributed by atoms with E-state index in [0.717, 1.165) is 19.3 Å². The van der Waals surface area contributed by atoms with Gasteiger partial charge in [0.15, 0.2) is 0 Å². The zero-order valence-electron chi connectivity index (χ0n) is 14.6. The van der Waals surface area contributed by atoms with Crippen LogP contribution >= 0.6 is 0 Å². The summed E-state index contributed by atoms with van der Waals surface area (Å²) < 4.78 is 0. The lowest BCUT2D eigenvalue weighted by Gasteiger charge is -2.66. The Labute approximate surface area is 142 Å². The van der Waals surface area contributed by atoms with Crippen molar-refractivity contribution in [2.45, 2.75) is 57.6 Å². The van der Waals surface area contributed by atoms with Crippen LogP contribution in [0.15, 0.2) is 0 Å². The quantitative estimate of drug-likeness (QED) is 0.460. The van der Waals surface area contributed by atoms with Gasteiger partial charge in [-0.15, -0.1) is 0 Å². The third kappa shape index (κ3) is 2.62. The van der Waals surface area contributed by atoms with Crippen LogP contribution in [0.5, 0.6) is 0 Å². The average Bonchev–Trinajstić information content (AvgIpc) is 2.55. The second kappa shape index (κ2) is 6.30. The van der Waals surface area contributed by atoms with Gasteiger partial charge in [0.25, 0.3) is 0 Å². The first-order chi connectivity index (χ1) is 11.3. The highest BCUT2D eigenvalue weighted by Gasteiger charge is 2.64. The van der Waals surface area contributed by atoms with Gasteiger partial charge in [-0.3, -0.25) is 14.6 Å². The summed E-state index contributed by atoms with van der Waals surface area (Å²) in [4.78, 5) is 17.2. The van der Waals surface area contributed by atoms with E-state index in [1.165, 1.54) is 0 Å². The second-order valence-electron chi connectivity index (χ2n) is 8.23. The number of Topliss-reactive ketones (excluding diaryl/α,β-unsaturated/α-hetero) is 1. The number of hydrogen-bond donors (Lipinski definition) is 4. The van der Waals surface area contributed by atoms with E-state index >= 15 is 0 Å². The number of ketones is 1. The van der Waals surface area contributed by atoms with Crippen molar-refractivity contribution in [3.05, 3.63) is 0 Å². The zero-order chi connectivity index (χ0) is 17.7. The van der Waals surface area contributed by atoms with E-state index < -0.39 is 36.5 Å². The van der Waals surface area contributed by atoms with Crippen LogP contribution in [0.1, 0.15) is 33.1 Å². The fraction of sp³-hybridized carbons (Fsp3) is 0.941. The van der Waals surface area contributed by atoms with Crippen molar-refractivity contribution in [3.63, 3.8) is 0 Å². The molecule has 4 bridgehead atoms. The molecule has 0 aromatic carbocycles. The van der Waals surface area contributed by atoms with Crippen molar-refractivity contribution in [2.24, 2.45) is 10.8 Å². The summed E-state index contributed by atoms with van der Waals surface area (Å²) in [6.45, 7) is 5.85. The Balaban J connectivity index is 1.84. The number of carbonyl (C=O) groups is 1. The smallest absolute Gasteiger partial charge is 0.150 e. The number of hydrogen-bond acceptors (Lipinski definition) is 7. The first-order valence-electron chi connectivity index (χ1n) is 8.96. The molecule has 4 heterocycles. The average molecular weight is 342 g/mol. The highest BCUT2D eigenvalue weighted by Crippen LogP contribution is 2.51. The van der Waals surface area contributed by atoms with Gasteiger partial charge in [-0.05, 0) is 6.42 Å². The Morgan fingerprint density at radius 1 is 1.17 bits per heavy atom. The molecule has 0 saturated carbocycles. The van der Waals surface area contributed by atoms with E-state index in [1.807, 2.05) is 6.92 Å². The molecule has 0 spiro atoms. The zero-order valence-corrected chi connectivity index (χ0v) is 14.6. The summed E-state index contributed by atoms with van der Waals surface area (Å²) in [7, 11) is 0. The molecule has 5 atom stereocenters. The van der Waals surface area contributed by atoms with E-state index in [2.05, 4.69) is 16.7 Å². The summed E-state index contributed by atoms with van der Waals surface area (Å²) in [6.07, 6.45) is -1.48. The maximum absolute atomic E-state index is 13.0. The van der Waals surface area contributed by atoms with E-state index in [1.54, 1.807) is 0 Å². The lowest BCUT2D eigenvalue weighted by atomic mass is 9.59. The number of aliphatic hydroxyl groups is 4. The molecule has 4 saturated heterocycles. The van der Waals surface area contributed by atoms with E-state index in [4.69, 9.17) is 5.11 Å². The Morgan fingerprint density at radius 3 is 2.25 bits per heavy atom. The van der Waals surface area contributed by atoms with Crippen LogP contribution in [-0.2, 0) is 4.79 Å². The number of unbranched alkanes of at least 4 members (excludes halogenated alkanes) is 1. The van der Waals surface area contributed by atoms with Gasteiger partial charge in [0.05, 0.1) is 23.6 Å². The van der Waals surface area contributed by atoms with Gasteiger partial charge in [0.1, 0.15) is 24.1 Å². The molecule has 0 aromatic rings. The molecule has 0 aromatic heterocycles. The topological polar surface area (TPSA) is 104 Å². The van der Waals surface area contributed by atoms with Crippen molar-refractivity contribution in [1.82, 2.24) is 9.80 Å². The van der Waals surface area contributed by atoms with Gasteiger partial charge in [-0.25, -0.2) is 0 Å². The van der Waals surface area contributed by atoms with Crippen molar-refractivity contribution >= 4 is 5.78 Å².